The molecule has 4 nitrogen and oxygen atoms in total. The molecule has 1 fully saturated rings. The maximum Gasteiger partial charge on any atom is 0.243 e. The summed E-state index contributed by atoms with van der Waals surface area (Å²) in [5.74, 6) is 0. The Balaban J connectivity index is 2.20. The second-order valence-electron chi connectivity index (χ2n) is 3.95. The van der Waals surface area contributed by atoms with Crippen molar-refractivity contribution in [1.29, 1.82) is 0 Å². The SMILES string of the molecule is O=S(=O)(c1ccccc1)N1CCC(O)CC1. The molecular weight excluding hydrogens is 226 g/mol. The number of nitrogens with zero attached hydrogens (tertiary/aromatic N) is 1. The molecule has 0 bridgehead atoms. The molecule has 0 aliphatic carbocycles. The molecule has 1 aromatic carbocycles. The summed E-state index contributed by atoms with van der Waals surface area (Å²) in [6.07, 6.45) is 0.681. The molecule has 2 rings (SSSR count). The minimum absolute atomic E-state index is 0.325. The van der Waals surface area contributed by atoms with E-state index in [4.69, 9.17) is 0 Å². The van der Waals surface area contributed by atoms with Crippen LogP contribution in [0.15, 0.2) is 35.2 Å². The Bertz CT molecular complexity index is 436. The highest BCUT2D eigenvalue weighted by Crippen LogP contribution is 2.20. The van der Waals surface area contributed by atoms with Crippen molar-refractivity contribution in [3.05, 3.63) is 30.3 Å². The fourth-order valence-electron chi connectivity index (χ4n) is 1.82. The summed E-state index contributed by atoms with van der Waals surface area (Å²) >= 11 is 0. The van der Waals surface area contributed by atoms with Gasteiger partial charge in [0.2, 0.25) is 10.0 Å². The standard InChI is InChI=1S/C11H15NO3S/c13-10-6-8-12(9-7-10)16(14,15)11-4-2-1-3-5-11/h1-5,10,13H,6-9H2. The first-order valence-electron chi connectivity index (χ1n) is 5.34. The number of aliphatic hydroxyl groups excluding tert-OH is 1. The monoisotopic (exact) mass is 241 g/mol. The maximum atomic E-state index is 12.1. The van der Waals surface area contributed by atoms with Crippen molar-refractivity contribution >= 4 is 10.0 Å². The molecule has 5 heteroatoms. The van der Waals surface area contributed by atoms with Crippen LogP contribution in [0.2, 0.25) is 0 Å². The van der Waals surface area contributed by atoms with E-state index in [2.05, 4.69) is 0 Å². The average Bonchev–Trinajstić information content (AvgIpc) is 2.31. The number of rotatable bonds is 2. The Morgan fingerprint density at radius 2 is 1.69 bits per heavy atom. The fourth-order valence-corrected chi connectivity index (χ4v) is 3.31. The number of hydrogen-bond donors (Lipinski definition) is 1. The smallest absolute Gasteiger partial charge is 0.243 e. The molecule has 1 N–H and O–H groups in total. The molecule has 0 aromatic heterocycles. The summed E-state index contributed by atoms with van der Waals surface area (Å²) in [5, 5.41) is 9.34. The van der Waals surface area contributed by atoms with Gasteiger partial charge >= 0.3 is 0 Å². The van der Waals surface area contributed by atoms with Crippen molar-refractivity contribution in [2.45, 2.75) is 23.8 Å². The summed E-state index contributed by atoms with van der Waals surface area (Å²) in [5.41, 5.74) is 0. The Morgan fingerprint density at radius 1 is 1.12 bits per heavy atom. The molecule has 1 aliphatic rings. The van der Waals surface area contributed by atoms with Crippen LogP contribution >= 0.6 is 0 Å². The third-order valence-electron chi connectivity index (χ3n) is 2.80. The maximum absolute atomic E-state index is 12.1. The average molecular weight is 241 g/mol. The van der Waals surface area contributed by atoms with Gasteiger partial charge in [-0.3, -0.25) is 0 Å². The van der Waals surface area contributed by atoms with Crippen molar-refractivity contribution in [2.75, 3.05) is 13.1 Å². The lowest BCUT2D eigenvalue weighted by atomic mass is 10.1. The predicted octanol–water partition coefficient (Wildman–Crippen LogP) is 0.832. The lowest BCUT2D eigenvalue weighted by Crippen LogP contribution is -2.39. The normalized spacial score (nSPS) is 19.8. The molecule has 0 spiro atoms. The summed E-state index contributed by atoms with van der Waals surface area (Å²) in [4.78, 5) is 0.325. The summed E-state index contributed by atoms with van der Waals surface area (Å²) in [6, 6.07) is 8.41. The first-order chi connectivity index (χ1) is 7.60. The van der Waals surface area contributed by atoms with Crippen molar-refractivity contribution in [2.24, 2.45) is 0 Å². The molecule has 0 saturated carbocycles. The first-order valence-corrected chi connectivity index (χ1v) is 6.78. The minimum atomic E-state index is -3.36. The van der Waals surface area contributed by atoms with E-state index < -0.39 is 10.0 Å². The van der Waals surface area contributed by atoms with Crippen LogP contribution in [-0.2, 0) is 10.0 Å². The Morgan fingerprint density at radius 3 is 2.25 bits per heavy atom. The van der Waals surface area contributed by atoms with Crippen LogP contribution in [0.3, 0.4) is 0 Å². The summed E-state index contributed by atoms with van der Waals surface area (Å²) < 4.78 is 25.7. The van der Waals surface area contributed by atoms with Gasteiger partial charge in [0.1, 0.15) is 0 Å². The lowest BCUT2D eigenvalue weighted by Gasteiger charge is -2.28. The lowest BCUT2D eigenvalue weighted by molar-refractivity contribution is 0.113. The molecule has 1 aromatic rings. The van der Waals surface area contributed by atoms with Crippen LogP contribution in [0.25, 0.3) is 0 Å². The third kappa shape index (κ3) is 2.26. The predicted molar refractivity (Wildman–Crippen MR) is 60.4 cm³/mol. The number of benzene rings is 1. The van der Waals surface area contributed by atoms with Crippen molar-refractivity contribution in [3.63, 3.8) is 0 Å². The summed E-state index contributed by atoms with van der Waals surface area (Å²) in [7, 11) is -3.36. The number of piperidine rings is 1. The molecule has 1 aliphatic heterocycles. The van der Waals surface area contributed by atoms with E-state index in [0.29, 0.717) is 30.8 Å². The Kier molecular flexibility index (Phi) is 3.28. The highest BCUT2D eigenvalue weighted by molar-refractivity contribution is 7.89. The van der Waals surface area contributed by atoms with Crippen LogP contribution < -0.4 is 0 Å². The van der Waals surface area contributed by atoms with Crippen LogP contribution in [-0.4, -0.2) is 37.0 Å². The molecular formula is C11H15NO3S. The third-order valence-corrected chi connectivity index (χ3v) is 4.72. The van der Waals surface area contributed by atoms with E-state index in [1.165, 1.54) is 4.31 Å². The van der Waals surface area contributed by atoms with Crippen molar-refractivity contribution in [3.8, 4) is 0 Å². The Labute approximate surface area is 95.6 Å². The molecule has 0 radical (unpaired) electrons. The van der Waals surface area contributed by atoms with Crippen LogP contribution in [0.4, 0.5) is 0 Å². The fraction of sp³-hybridized carbons (Fsp3) is 0.455. The molecule has 0 atom stereocenters. The van der Waals surface area contributed by atoms with E-state index in [-0.39, 0.29) is 6.10 Å². The van der Waals surface area contributed by atoms with Gasteiger partial charge in [-0.2, -0.15) is 4.31 Å². The largest absolute Gasteiger partial charge is 0.393 e. The first kappa shape index (κ1) is 11.6. The van der Waals surface area contributed by atoms with E-state index in [0.717, 1.165) is 0 Å². The molecule has 0 unspecified atom stereocenters. The van der Waals surface area contributed by atoms with Crippen molar-refractivity contribution in [1.82, 2.24) is 4.31 Å². The van der Waals surface area contributed by atoms with E-state index >= 15 is 0 Å². The van der Waals surface area contributed by atoms with Gasteiger partial charge in [-0.05, 0) is 25.0 Å². The highest BCUT2D eigenvalue weighted by Gasteiger charge is 2.28. The van der Waals surface area contributed by atoms with E-state index in [1.807, 2.05) is 0 Å². The van der Waals surface area contributed by atoms with Gasteiger partial charge in [0, 0.05) is 13.1 Å². The molecule has 16 heavy (non-hydrogen) atoms. The minimum Gasteiger partial charge on any atom is -0.393 e. The van der Waals surface area contributed by atoms with Gasteiger partial charge in [-0.1, -0.05) is 18.2 Å². The molecule has 88 valence electrons. The molecule has 1 heterocycles. The van der Waals surface area contributed by atoms with Gasteiger partial charge < -0.3 is 5.11 Å². The van der Waals surface area contributed by atoms with Crippen LogP contribution in [0, 0.1) is 0 Å². The second-order valence-corrected chi connectivity index (χ2v) is 5.89. The molecule has 0 amide bonds. The zero-order valence-corrected chi connectivity index (χ0v) is 9.73. The zero-order valence-electron chi connectivity index (χ0n) is 8.91. The molecule has 1 saturated heterocycles. The number of hydrogen-bond acceptors (Lipinski definition) is 3. The second kappa shape index (κ2) is 4.53. The number of sulfonamides is 1. The zero-order chi connectivity index (χ0) is 11.6. The van der Waals surface area contributed by atoms with E-state index in [9.17, 15) is 13.5 Å². The quantitative estimate of drug-likeness (QED) is 0.834. The van der Waals surface area contributed by atoms with Gasteiger partial charge in [0.15, 0.2) is 0 Å². The van der Waals surface area contributed by atoms with Crippen LogP contribution in [0.5, 0.6) is 0 Å². The van der Waals surface area contributed by atoms with Gasteiger partial charge in [-0.25, -0.2) is 8.42 Å². The van der Waals surface area contributed by atoms with Gasteiger partial charge in [-0.15, -0.1) is 0 Å². The summed E-state index contributed by atoms with van der Waals surface area (Å²) in [6.45, 7) is 0.802. The van der Waals surface area contributed by atoms with Gasteiger partial charge in [0.05, 0.1) is 11.0 Å². The van der Waals surface area contributed by atoms with Crippen molar-refractivity contribution < 1.29 is 13.5 Å². The van der Waals surface area contributed by atoms with Gasteiger partial charge in [0.25, 0.3) is 0 Å². The topological polar surface area (TPSA) is 57.6 Å². The van der Waals surface area contributed by atoms with Crippen LogP contribution in [0.1, 0.15) is 12.8 Å². The highest BCUT2D eigenvalue weighted by atomic mass is 32.2. The van der Waals surface area contributed by atoms with E-state index in [1.54, 1.807) is 30.3 Å². The number of aliphatic hydroxyl groups is 1. The Hall–Kier alpha value is -0.910.